The van der Waals surface area contributed by atoms with Gasteiger partial charge in [-0.25, -0.2) is 8.42 Å². The van der Waals surface area contributed by atoms with Gasteiger partial charge in [-0.05, 0) is 29.7 Å². The summed E-state index contributed by atoms with van der Waals surface area (Å²) in [5, 5.41) is 14.7. The molecule has 0 saturated heterocycles. The van der Waals surface area contributed by atoms with Gasteiger partial charge >= 0.3 is 0 Å². The smallest absolute Gasteiger partial charge is 0.241 e. The maximum atomic E-state index is 12.7. The Balaban J connectivity index is 1.89. The molecular weight excluding hydrogens is 326 g/mol. The molecule has 0 aliphatic heterocycles. The first kappa shape index (κ1) is 16.8. The van der Waals surface area contributed by atoms with Crippen LogP contribution in [0.15, 0.2) is 36.4 Å². The minimum absolute atomic E-state index is 0.0915. The minimum atomic E-state index is -3.49. The summed E-state index contributed by atoms with van der Waals surface area (Å²) in [5.41, 5.74) is 0.600. The molecular formula is C18H21NO4S. The van der Waals surface area contributed by atoms with E-state index in [-0.39, 0.29) is 12.3 Å². The van der Waals surface area contributed by atoms with Gasteiger partial charge in [-0.2, -0.15) is 0 Å². The highest BCUT2D eigenvalue weighted by molar-refractivity contribution is 7.92. The summed E-state index contributed by atoms with van der Waals surface area (Å²) >= 11 is 0. The van der Waals surface area contributed by atoms with Crippen LogP contribution in [-0.2, 0) is 21.2 Å². The molecule has 2 aromatic carbocycles. The van der Waals surface area contributed by atoms with Gasteiger partial charge < -0.3 is 10.4 Å². The maximum absolute atomic E-state index is 12.7. The largest absolute Gasteiger partial charge is 0.508 e. The van der Waals surface area contributed by atoms with Crippen LogP contribution in [0.5, 0.6) is 5.75 Å². The highest BCUT2D eigenvalue weighted by Crippen LogP contribution is 2.37. The number of carbonyl (C=O) groups is 1. The Morgan fingerprint density at radius 2 is 1.83 bits per heavy atom. The highest BCUT2D eigenvalue weighted by Gasteiger charge is 2.49. The van der Waals surface area contributed by atoms with Gasteiger partial charge in [0.15, 0.2) is 9.84 Å². The lowest BCUT2D eigenvalue weighted by molar-refractivity contribution is -0.123. The SMILES string of the molecule is CS(=O)(=O)C1(C(=O)NCc2c(O)ccc3ccccc23)CCCC1. The third-order valence-corrected chi connectivity index (χ3v) is 6.99. The summed E-state index contributed by atoms with van der Waals surface area (Å²) in [6.07, 6.45) is 3.33. The lowest BCUT2D eigenvalue weighted by atomic mass is 10.0. The number of aromatic hydroxyl groups is 1. The molecule has 0 unspecified atom stereocenters. The molecule has 2 N–H and O–H groups in total. The number of nitrogens with one attached hydrogen (secondary N) is 1. The van der Waals surface area contributed by atoms with Crippen LogP contribution < -0.4 is 5.32 Å². The first-order valence-corrected chi connectivity index (χ1v) is 9.92. The summed E-state index contributed by atoms with van der Waals surface area (Å²) in [4.78, 5) is 12.7. The highest BCUT2D eigenvalue weighted by atomic mass is 32.2. The van der Waals surface area contributed by atoms with Gasteiger partial charge in [-0.15, -0.1) is 0 Å². The Morgan fingerprint density at radius 1 is 1.17 bits per heavy atom. The molecule has 0 atom stereocenters. The number of hydrogen-bond donors (Lipinski definition) is 2. The number of sulfone groups is 1. The van der Waals surface area contributed by atoms with Gasteiger partial charge in [-0.1, -0.05) is 43.2 Å². The fourth-order valence-corrected chi connectivity index (χ4v) is 4.99. The second kappa shape index (κ2) is 6.09. The molecule has 3 rings (SSSR count). The molecule has 5 nitrogen and oxygen atoms in total. The topological polar surface area (TPSA) is 83.5 Å². The predicted octanol–water partition coefficient (Wildman–Crippen LogP) is 2.52. The summed E-state index contributed by atoms with van der Waals surface area (Å²) in [7, 11) is -3.49. The van der Waals surface area contributed by atoms with Gasteiger partial charge in [0.1, 0.15) is 10.5 Å². The van der Waals surface area contributed by atoms with E-state index in [0.29, 0.717) is 18.4 Å². The van der Waals surface area contributed by atoms with Crippen LogP contribution >= 0.6 is 0 Å². The third-order valence-electron chi connectivity index (χ3n) is 4.98. The molecule has 1 fully saturated rings. The van der Waals surface area contributed by atoms with Crippen molar-refractivity contribution in [1.29, 1.82) is 0 Å². The molecule has 1 aliphatic rings. The average Bonchev–Trinajstić information content (AvgIpc) is 3.04. The van der Waals surface area contributed by atoms with Crippen molar-refractivity contribution in [2.75, 3.05) is 6.26 Å². The second-order valence-corrected chi connectivity index (χ2v) is 8.77. The van der Waals surface area contributed by atoms with E-state index in [0.717, 1.165) is 29.9 Å². The number of phenolic OH excluding ortho intramolecular Hbond substituents is 1. The van der Waals surface area contributed by atoms with Crippen LogP contribution in [0.4, 0.5) is 0 Å². The number of rotatable bonds is 4. The van der Waals surface area contributed by atoms with E-state index < -0.39 is 20.5 Å². The second-order valence-electron chi connectivity index (χ2n) is 6.44. The molecule has 0 bridgehead atoms. The quantitative estimate of drug-likeness (QED) is 0.890. The van der Waals surface area contributed by atoms with E-state index in [1.54, 1.807) is 6.07 Å². The summed E-state index contributed by atoms with van der Waals surface area (Å²) < 4.78 is 23.0. The van der Waals surface area contributed by atoms with Crippen molar-refractivity contribution in [2.45, 2.75) is 37.0 Å². The number of amides is 1. The molecule has 6 heteroatoms. The molecule has 0 spiro atoms. The van der Waals surface area contributed by atoms with Crippen LogP contribution in [-0.4, -0.2) is 30.4 Å². The molecule has 0 aromatic heterocycles. The van der Waals surface area contributed by atoms with Gasteiger partial charge in [0.05, 0.1) is 0 Å². The van der Waals surface area contributed by atoms with Crippen LogP contribution in [0.2, 0.25) is 0 Å². The van der Waals surface area contributed by atoms with Gasteiger partial charge in [-0.3, -0.25) is 4.79 Å². The van der Waals surface area contributed by atoms with Crippen molar-refractivity contribution < 1.29 is 18.3 Å². The Kier molecular flexibility index (Phi) is 4.25. The molecule has 2 aromatic rings. The molecule has 24 heavy (non-hydrogen) atoms. The first-order valence-electron chi connectivity index (χ1n) is 8.03. The molecule has 0 radical (unpaired) electrons. The number of hydrogen-bond acceptors (Lipinski definition) is 4. The minimum Gasteiger partial charge on any atom is -0.508 e. The molecule has 0 heterocycles. The fraction of sp³-hybridized carbons (Fsp3) is 0.389. The average molecular weight is 347 g/mol. The number of carbonyl (C=O) groups excluding carboxylic acids is 1. The lowest BCUT2D eigenvalue weighted by Crippen LogP contribution is -2.50. The Morgan fingerprint density at radius 3 is 2.50 bits per heavy atom. The zero-order chi connectivity index (χ0) is 17.4. The van der Waals surface area contributed by atoms with Crippen molar-refractivity contribution in [3.05, 3.63) is 42.0 Å². The zero-order valence-electron chi connectivity index (χ0n) is 13.6. The Bertz CT molecular complexity index is 883. The number of benzene rings is 2. The van der Waals surface area contributed by atoms with E-state index in [1.807, 2.05) is 30.3 Å². The van der Waals surface area contributed by atoms with Crippen molar-refractivity contribution in [3.63, 3.8) is 0 Å². The van der Waals surface area contributed by atoms with E-state index >= 15 is 0 Å². The molecule has 128 valence electrons. The zero-order valence-corrected chi connectivity index (χ0v) is 14.4. The van der Waals surface area contributed by atoms with Gasteiger partial charge in [0, 0.05) is 18.4 Å². The van der Waals surface area contributed by atoms with Crippen LogP contribution in [0.25, 0.3) is 10.8 Å². The van der Waals surface area contributed by atoms with E-state index in [9.17, 15) is 18.3 Å². The van der Waals surface area contributed by atoms with Crippen molar-refractivity contribution >= 4 is 26.5 Å². The first-order chi connectivity index (χ1) is 11.3. The predicted molar refractivity (Wildman–Crippen MR) is 93.5 cm³/mol. The Labute approximate surface area is 141 Å². The van der Waals surface area contributed by atoms with E-state index in [1.165, 1.54) is 0 Å². The van der Waals surface area contributed by atoms with Crippen LogP contribution in [0.1, 0.15) is 31.2 Å². The Hall–Kier alpha value is -2.08. The summed E-state index contributed by atoms with van der Waals surface area (Å²) in [6.45, 7) is 0.100. The lowest BCUT2D eigenvalue weighted by Gasteiger charge is -2.25. The normalized spacial score (nSPS) is 17.0. The van der Waals surface area contributed by atoms with Crippen LogP contribution in [0, 0.1) is 0 Å². The summed E-state index contributed by atoms with van der Waals surface area (Å²) in [5.74, 6) is -0.372. The molecule has 1 saturated carbocycles. The number of fused-ring (bicyclic) bond motifs is 1. The van der Waals surface area contributed by atoms with Crippen molar-refractivity contribution in [1.82, 2.24) is 5.32 Å². The number of phenols is 1. The molecule has 1 amide bonds. The van der Waals surface area contributed by atoms with E-state index in [4.69, 9.17) is 0 Å². The van der Waals surface area contributed by atoms with E-state index in [2.05, 4.69) is 5.32 Å². The van der Waals surface area contributed by atoms with Gasteiger partial charge in [0.25, 0.3) is 0 Å². The monoisotopic (exact) mass is 347 g/mol. The fourth-order valence-electron chi connectivity index (χ4n) is 3.55. The summed E-state index contributed by atoms with van der Waals surface area (Å²) in [6, 6.07) is 11.0. The van der Waals surface area contributed by atoms with Gasteiger partial charge in [0.2, 0.25) is 5.91 Å². The molecule has 1 aliphatic carbocycles. The van der Waals surface area contributed by atoms with Crippen molar-refractivity contribution in [2.24, 2.45) is 0 Å². The standard InChI is InChI=1S/C18H21NO4S/c1-24(22,23)18(10-4-5-11-18)17(21)19-12-15-14-7-3-2-6-13(14)8-9-16(15)20/h2-3,6-9,20H,4-5,10-12H2,1H3,(H,19,21). The van der Waals surface area contributed by atoms with Crippen LogP contribution in [0.3, 0.4) is 0 Å². The maximum Gasteiger partial charge on any atom is 0.241 e. The van der Waals surface area contributed by atoms with Crippen molar-refractivity contribution in [3.8, 4) is 5.75 Å². The third kappa shape index (κ3) is 2.75.